The number of aliphatic hydroxyl groups is 1. The van der Waals surface area contributed by atoms with Gasteiger partial charge in [0.05, 0.1) is 16.3 Å². The minimum atomic E-state index is 0.159. The molecule has 2 rings (SSSR count). The van der Waals surface area contributed by atoms with Crippen molar-refractivity contribution < 1.29 is 5.11 Å². The molecule has 2 aromatic heterocycles. The summed E-state index contributed by atoms with van der Waals surface area (Å²) >= 11 is 2.92. The molecular formula is C11H16N4OS2. The standard InChI is InChI=1S/C11H16N4OS2/c1-6(4-16)3-13-11-9(10(12)15-18-11)8-5-17-7(2)14-8/h5-6,13,16H,3-4H2,1-2H3,(H2,12,15). The Morgan fingerprint density at radius 3 is 2.94 bits per heavy atom. The van der Waals surface area contributed by atoms with Crippen molar-refractivity contribution in [1.82, 2.24) is 9.36 Å². The Kier molecular flexibility index (Phi) is 4.15. The van der Waals surface area contributed by atoms with Crippen LogP contribution in [-0.2, 0) is 0 Å². The lowest BCUT2D eigenvalue weighted by Crippen LogP contribution is -2.14. The number of nitrogens with two attached hydrogens (primary N) is 1. The average molecular weight is 284 g/mol. The minimum absolute atomic E-state index is 0.159. The minimum Gasteiger partial charge on any atom is -0.396 e. The van der Waals surface area contributed by atoms with Crippen LogP contribution < -0.4 is 11.1 Å². The Morgan fingerprint density at radius 1 is 1.56 bits per heavy atom. The molecule has 4 N–H and O–H groups in total. The summed E-state index contributed by atoms with van der Waals surface area (Å²) in [6, 6.07) is 0. The molecule has 0 aliphatic carbocycles. The monoisotopic (exact) mass is 284 g/mol. The van der Waals surface area contributed by atoms with E-state index in [1.54, 1.807) is 11.3 Å². The molecule has 0 saturated carbocycles. The van der Waals surface area contributed by atoms with Crippen molar-refractivity contribution in [2.45, 2.75) is 13.8 Å². The molecule has 7 heteroatoms. The van der Waals surface area contributed by atoms with Gasteiger partial charge in [0.25, 0.3) is 0 Å². The highest BCUT2D eigenvalue weighted by Gasteiger charge is 2.16. The van der Waals surface area contributed by atoms with Crippen LogP contribution in [-0.4, -0.2) is 27.6 Å². The highest BCUT2D eigenvalue weighted by molar-refractivity contribution is 7.11. The predicted octanol–water partition coefficient (Wildman–Crippen LogP) is 2.20. The summed E-state index contributed by atoms with van der Waals surface area (Å²) in [5.74, 6) is 0.697. The van der Waals surface area contributed by atoms with E-state index in [9.17, 15) is 0 Å². The van der Waals surface area contributed by atoms with Gasteiger partial charge in [-0.25, -0.2) is 4.98 Å². The third-order valence-electron chi connectivity index (χ3n) is 2.52. The maximum Gasteiger partial charge on any atom is 0.148 e. The summed E-state index contributed by atoms with van der Waals surface area (Å²) in [7, 11) is 0. The molecule has 0 aliphatic rings. The number of thiazole rings is 1. The van der Waals surface area contributed by atoms with Gasteiger partial charge in [0, 0.05) is 18.5 Å². The highest BCUT2D eigenvalue weighted by Crippen LogP contribution is 2.37. The molecule has 0 aromatic carbocycles. The van der Waals surface area contributed by atoms with Crippen molar-refractivity contribution in [3.63, 3.8) is 0 Å². The second-order valence-electron chi connectivity index (χ2n) is 4.19. The molecule has 0 saturated heterocycles. The smallest absolute Gasteiger partial charge is 0.148 e. The Bertz CT molecular complexity index is 523. The molecule has 0 aliphatic heterocycles. The Morgan fingerprint density at radius 2 is 2.33 bits per heavy atom. The molecule has 98 valence electrons. The molecule has 0 spiro atoms. The Labute approximate surface area is 114 Å². The van der Waals surface area contributed by atoms with Crippen molar-refractivity contribution in [3.8, 4) is 11.3 Å². The second-order valence-corrected chi connectivity index (χ2v) is 6.03. The first-order valence-corrected chi connectivity index (χ1v) is 7.29. The summed E-state index contributed by atoms with van der Waals surface area (Å²) in [5, 5.41) is 16.2. The van der Waals surface area contributed by atoms with Crippen LogP contribution in [0.1, 0.15) is 11.9 Å². The summed E-state index contributed by atoms with van der Waals surface area (Å²) in [4.78, 5) is 4.44. The SMILES string of the molecule is Cc1nc(-c2c(N)nsc2NCC(C)CO)cs1. The van der Waals surface area contributed by atoms with Crippen LogP contribution >= 0.6 is 22.9 Å². The number of aliphatic hydroxyl groups excluding tert-OH is 1. The second kappa shape index (κ2) is 5.64. The van der Waals surface area contributed by atoms with Gasteiger partial charge in [-0.3, -0.25) is 0 Å². The van der Waals surface area contributed by atoms with E-state index in [1.807, 2.05) is 19.2 Å². The molecule has 0 radical (unpaired) electrons. The fraction of sp³-hybridized carbons (Fsp3) is 0.455. The number of nitrogens with one attached hydrogen (secondary N) is 1. The zero-order valence-corrected chi connectivity index (χ0v) is 11.9. The largest absolute Gasteiger partial charge is 0.396 e. The van der Waals surface area contributed by atoms with Crippen molar-refractivity contribution in [2.24, 2.45) is 5.92 Å². The number of aromatic nitrogens is 2. The van der Waals surface area contributed by atoms with E-state index in [-0.39, 0.29) is 12.5 Å². The molecule has 0 bridgehead atoms. The van der Waals surface area contributed by atoms with Gasteiger partial charge < -0.3 is 16.2 Å². The van der Waals surface area contributed by atoms with Gasteiger partial charge in [0.1, 0.15) is 10.8 Å². The number of nitrogen functional groups attached to an aromatic ring is 1. The Hall–Kier alpha value is -1.18. The predicted molar refractivity (Wildman–Crippen MR) is 77.1 cm³/mol. The van der Waals surface area contributed by atoms with Crippen LogP contribution in [0.5, 0.6) is 0 Å². The lowest BCUT2D eigenvalue weighted by atomic mass is 10.2. The zero-order chi connectivity index (χ0) is 13.1. The van der Waals surface area contributed by atoms with Crippen LogP contribution in [0.15, 0.2) is 5.38 Å². The van der Waals surface area contributed by atoms with Crippen LogP contribution in [0.2, 0.25) is 0 Å². The van der Waals surface area contributed by atoms with E-state index in [1.165, 1.54) is 11.5 Å². The van der Waals surface area contributed by atoms with Gasteiger partial charge in [-0.15, -0.1) is 11.3 Å². The van der Waals surface area contributed by atoms with Gasteiger partial charge in [0.15, 0.2) is 0 Å². The molecule has 2 heterocycles. The number of rotatable bonds is 5. The quantitative estimate of drug-likeness (QED) is 0.784. The van der Waals surface area contributed by atoms with Gasteiger partial charge >= 0.3 is 0 Å². The number of hydrogen-bond donors (Lipinski definition) is 3. The zero-order valence-electron chi connectivity index (χ0n) is 10.3. The fourth-order valence-corrected chi connectivity index (χ4v) is 2.81. The number of aryl methyl sites for hydroxylation is 1. The fourth-order valence-electron chi connectivity index (χ4n) is 1.48. The first kappa shape index (κ1) is 13.3. The lowest BCUT2D eigenvalue weighted by molar-refractivity contribution is 0.244. The first-order valence-electron chi connectivity index (χ1n) is 5.64. The summed E-state index contributed by atoms with van der Waals surface area (Å²) in [6.45, 7) is 4.79. The van der Waals surface area contributed by atoms with Crippen molar-refractivity contribution in [1.29, 1.82) is 0 Å². The van der Waals surface area contributed by atoms with Gasteiger partial charge in [0.2, 0.25) is 0 Å². The van der Waals surface area contributed by atoms with Gasteiger partial charge in [-0.1, -0.05) is 6.92 Å². The molecule has 0 fully saturated rings. The molecule has 1 atom stereocenters. The van der Waals surface area contributed by atoms with E-state index in [2.05, 4.69) is 14.7 Å². The highest BCUT2D eigenvalue weighted by atomic mass is 32.1. The summed E-state index contributed by atoms with van der Waals surface area (Å²) < 4.78 is 4.17. The third-order valence-corrected chi connectivity index (χ3v) is 4.11. The molecule has 18 heavy (non-hydrogen) atoms. The van der Waals surface area contributed by atoms with Crippen LogP contribution in [0.4, 0.5) is 10.8 Å². The average Bonchev–Trinajstić information content (AvgIpc) is 2.92. The third kappa shape index (κ3) is 2.80. The van der Waals surface area contributed by atoms with Crippen molar-refractivity contribution in [3.05, 3.63) is 10.4 Å². The van der Waals surface area contributed by atoms with Crippen LogP contribution in [0.25, 0.3) is 11.3 Å². The molecule has 0 amide bonds. The molecule has 1 unspecified atom stereocenters. The van der Waals surface area contributed by atoms with E-state index >= 15 is 0 Å². The number of nitrogens with zero attached hydrogens (tertiary/aromatic N) is 2. The van der Waals surface area contributed by atoms with Crippen LogP contribution in [0.3, 0.4) is 0 Å². The summed E-state index contributed by atoms with van der Waals surface area (Å²) in [5.41, 5.74) is 7.63. The molecular weight excluding hydrogens is 268 g/mol. The maximum absolute atomic E-state index is 9.02. The number of hydrogen-bond acceptors (Lipinski definition) is 7. The van der Waals surface area contributed by atoms with Crippen LogP contribution in [0, 0.1) is 12.8 Å². The first-order chi connectivity index (χ1) is 8.61. The van der Waals surface area contributed by atoms with E-state index in [4.69, 9.17) is 10.8 Å². The van der Waals surface area contributed by atoms with Crippen molar-refractivity contribution in [2.75, 3.05) is 24.2 Å². The normalized spacial score (nSPS) is 12.6. The van der Waals surface area contributed by atoms with Crippen molar-refractivity contribution >= 4 is 33.7 Å². The Balaban J connectivity index is 2.22. The van der Waals surface area contributed by atoms with Gasteiger partial charge in [-0.2, -0.15) is 4.37 Å². The van der Waals surface area contributed by atoms with E-state index < -0.39 is 0 Å². The lowest BCUT2D eigenvalue weighted by Gasteiger charge is -2.09. The molecule has 2 aromatic rings. The molecule has 5 nitrogen and oxygen atoms in total. The maximum atomic E-state index is 9.02. The van der Waals surface area contributed by atoms with Gasteiger partial charge in [-0.05, 0) is 24.4 Å². The van der Waals surface area contributed by atoms with E-state index in [0.717, 1.165) is 21.3 Å². The number of anilines is 2. The summed E-state index contributed by atoms with van der Waals surface area (Å²) in [6.07, 6.45) is 0. The van der Waals surface area contributed by atoms with E-state index in [0.29, 0.717) is 12.4 Å². The topological polar surface area (TPSA) is 84.1 Å².